The molecule has 1 aromatic rings. The predicted molar refractivity (Wildman–Crippen MR) is 52.8 cm³/mol. The van der Waals surface area contributed by atoms with Gasteiger partial charge in [0.1, 0.15) is 0 Å². The van der Waals surface area contributed by atoms with Crippen molar-refractivity contribution in [3.8, 4) is 0 Å². The number of rotatable bonds is 5. The van der Waals surface area contributed by atoms with Gasteiger partial charge in [-0.25, -0.2) is 9.97 Å². The van der Waals surface area contributed by atoms with Gasteiger partial charge in [-0.15, -0.1) is 0 Å². The maximum absolute atomic E-state index is 8.95. The predicted octanol–water partition coefficient (Wildman–Crippen LogP) is -0.522. The molecule has 0 spiro atoms. The zero-order chi connectivity index (χ0) is 10.4. The van der Waals surface area contributed by atoms with Gasteiger partial charge in [0.15, 0.2) is 0 Å². The standard InChI is InChI=1S/C8H14N4O2/c1-14-5-7(4-13)12-8-10-2-6(9)3-11-8/h2-3,7,13H,4-5,9H2,1H3,(H,10,11,12). The molecule has 0 aromatic carbocycles. The van der Waals surface area contributed by atoms with Crippen LogP contribution in [0.15, 0.2) is 12.4 Å². The summed E-state index contributed by atoms with van der Waals surface area (Å²) in [5, 5.41) is 11.9. The SMILES string of the molecule is COCC(CO)Nc1ncc(N)cn1. The lowest BCUT2D eigenvalue weighted by molar-refractivity contribution is 0.153. The number of aromatic nitrogens is 2. The van der Waals surface area contributed by atoms with Crippen LogP contribution in [0, 0.1) is 0 Å². The molecule has 78 valence electrons. The second kappa shape index (κ2) is 5.36. The molecule has 1 aromatic heterocycles. The highest BCUT2D eigenvalue weighted by Gasteiger charge is 2.07. The van der Waals surface area contributed by atoms with E-state index in [0.717, 1.165) is 0 Å². The molecule has 4 N–H and O–H groups in total. The summed E-state index contributed by atoms with van der Waals surface area (Å²) >= 11 is 0. The van der Waals surface area contributed by atoms with Crippen molar-refractivity contribution < 1.29 is 9.84 Å². The second-order valence-electron chi connectivity index (χ2n) is 2.82. The minimum absolute atomic E-state index is 0.0401. The van der Waals surface area contributed by atoms with Crippen LogP contribution in [0.1, 0.15) is 0 Å². The maximum atomic E-state index is 8.95. The molecule has 0 saturated carbocycles. The lowest BCUT2D eigenvalue weighted by Gasteiger charge is -2.14. The molecular formula is C8H14N4O2. The summed E-state index contributed by atoms with van der Waals surface area (Å²) in [6.45, 7) is 0.353. The Morgan fingerprint density at radius 3 is 2.71 bits per heavy atom. The largest absolute Gasteiger partial charge is 0.396 e. The minimum Gasteiger partial charge on any atom is -0.396 e. The van der Waals surface area contributed by atoms with Crippen LogP contribution in [-0.2, 0) is 4.74 Å². The van der Waals surface area contributed by atoms with Gasteiger partial charge in [0.2, 0.25) is 5.95 Å². The molecule has 0 aliphatic rings. The third-order valence-electron chi connectivity index (χ3n) is 1.59. The molecule has 0 aliphatic carbocycles. The highest BCUT2D eigenvalue weighted by Crippen LogP contribution is 2.02. The van der Waals surface area contributed by atoms with E-state index in [2.05, 4.69) is 15.3 Å². The third-order valence-corrected chi connectivity index (χ3v) is 1.59. The molecule has 1 heterocycles. The lowest BCUT2D eigenvalue weighted by Crippen LogP contribution is -2.29. The molecule has 0 aliphatic heterocycles. The molecule has 6 nitrogen and oxygen atoms in total. The second-order valence-corrected chi connectivity index (χ2v) is 2.82. The summed E-state index contributed by atoms with van der Waals surface area (Å²) in [5.74, 6) is 0.426. The van der Waals surface area contributed by atoms with E-state index in [1.807, 2.05) is 0 Å². The average Bonchev–Trinajstić information content (AvgIpc) is 2.20. The molecule has 14 heavy (non-hydrogen) atoms. The van der Waals surface area contributed by atoms with E-state index in [4.69, 9.17) is 15.6 Å². The summed E-state index contributed by atoms with van der Waals surface area (Å²) < 4.78 is 4.89. The van der Waals surface area contributed by atoms with Crippen LogP contribution in [0.4, 0.5) is 11.6 Å². The first-order valence-corrected chi connectivity index (χ1v) is 4.20. The van der Waals surface area contributed by atoms with E-state index < -0.39 is 0 Å². The zero-order valence-electron chi connectivity index (χ0n) is 7.97. The third kappa shape index (κ3) is 3.15. The Labute approximate surface area is 82.1 Å². The number of anilines is 2. The summed E-state index contributed by atoms with van der Waals surface area (Å²) in [6.07, 6.45) is 2.99. The van der Waals surface area contributed by atoms with E-state index in [1.54, 1.807) is 7.11 Å². The van der Waals surface area contributed by atoms with Crippen molar-refractivity contribution in [2.75, 3.05) is 31.4 Å². The number of ether oxygens (including phenoxy) is 1. The van der Waals surface area contributed by atoms with Crippen molar-refractivity contribution in [1.29, 1.82) is 0 Å². The van der Waals surface area contributed by atoms with Gasteiger partial charge >= 0.3 is 0 Å². The smallest absolute Gasteiger partial charge is 0.223 e. The van der Waals surface area contributed by atoms with E-state index in [1.165, 1.54) is 12.4 Å². The Hall–Kier alpha value is -1.40. The fourth-order valence-corrected chi connectivity index (χ4v) is 0.936. The highest BCUT2D eigenvalue weighted by molar-refractivity contribution is 5.36. The molecule has 6 heteroatoms. The van der Waals surface area contributed by atoms with Crippen LogP contribution >= 0.6 is 0 Å². The van der Waals surface area contributed by atoms with E-state index in [9.17, 15) is 0 Å². The van der Waals surface area contributed by atoms with Crippen LogP contribution in [0.5, 0.6) is 0 Å². The molecule has 0 fully saturated rings. The first-order chi connectivity index (χ1) is 6.76. The van der Waals surface area contributed by atoms with Crippen molar-refractivity contribution in [1.82, 2.24) is 9.97 Å². The zero-order valence-corrected chi connectivity index (χ0v) is 7.97. The number of methoxy groups -OCH3 is 1. The van der Waals surface area contributed by atoms with Crippen molar-refractivity contribution in [2.24, 2.45) is 0 Å². The van der Waals surface area contributed by atoms with Gasteiger partial charge in [-0.3, -0.25) is 0 Å². The van der Waals surface area contributed by atoms with Crippen LogP contribution in [-0.4, -0.2) is 41.4 Å². The number of aliphatic hydroxyl groups is 1. The first kappa shape index (κ1) is 10.7. The molecule has 0 saturated heterocycles. The van der Waals surface area contributed by atoms with Crippen molar-refractivity contribution in [2.45, 2.75) is 6.04 Å². The number of nitrogens with zero attached hydrogens (tertiary/aromatic N) is 2. The van der Waals surface area contributed by atoms with Gasteiger partial charge in [0.05, 0.1) is 37.3 Å². The molecule has 1 rings (SSSR count). The van der Waals surface area contributed by atoms with Gasteiger partial charge < -0.3 is 20.9 Å². The van der Waals surface area contributed by atoms with Gasteiger partial charge in [-0.2, -0.15) is 0 Å². The molecule has 0 bridgehead atoms. The topological polar surface area (TPSA) is 93.3 Å². The number of nitrogens with two attached hydrogens (primary N) is 1. The van der Waals surface area contributed by atoms with Crippen molar-refractivity contribution >= 4 is 11.6 Å². The van der Waals surface area contributed by atoms with Crippen molar-refractivity contribution in [3.05, 3.63) is 12.4 Å². The molecule has 0 radical (unpaired) electrons. The number of hydrogen-bond acceptors (Lipinski definition) is 6. The van der Waals surface area contributed by atoms with Crippen LogP contribution in [0.3, 0.4) is 0 Å². The molecule has 0 amide bonds. The average molecular weight is 198 g/mol. The first-order valence-electron chi connectivity index (χ1n) is 4.20. The number of nitrogen functional groups attached to an aromatic ring is 1. The van der Waals surface area contributed by atoms with E-state index in [-0.39, 0.29) is 12.6 Å². The fourth-order valence-electron chi connectivity index (χ4n) is 0.936. The Kier molecular flexibility index (Phi) is 4.09. The molecule has 1 atom stereocenters. The minimum atomic E-state index is -0.205. The fraction of sp³-hybridized carbons (Fsp3) is 0.500. The molecular weight excluding hydrogens is 184 g/mol. The Morgan fingerprint density at radius 2 is 2.21 bits per heavy atom. The van der Waals surface area contributed by atoms with E-state index in [0.29, 0.717) is 18.2 Å². The Balaban J connectivity index is 2.53. The van der Waals surface area contributed by atoms with Gasteiger partial charge in [0, 0.05) is 7.11 Å². The van der Waals surface area contributed by atoms with Gasteiger partial charge in [0.25, 0.3) is 0 Å². The van der Waals surface area contributed by atoms with Crippen LogP contribution in [0.2, 0.25) is 0 Å². The number of aliphatic hydroxyl groups excluding tert-OH is 1. The Morgan fingerprint density at radius 1 is 1.57 bits per heavy atom. The van der Waals surface area contributed by atoms with Gasteiger partial charge in [-0.05, 0) is 0 Å². The van der Waals surface area contributed by atoms with Crippen LogP contribution in [0.25, 0.3) is 0 Å². The van der Waals surface area contributed by atoms with Crippen LogP contribution < -0.4 is 11.1 Å². The van der Waals surface area contributed by atoms with Crippen molar-refractivity contribution in [3.63, 3.8) is 0 Å². The molecule has 1 unspecified atom stereocenters. The maximum Gasteiger partial charge on any atom is 0.223 e. The number of hydrogen-bond donors (Lipinski definition) is 3. The van der Waals surface area contributed by atoms with E-state index >= 15 is 0 Å². The lowest BCUT2D eigenvalue weighted by atomic mass is 10.3. The highest BCUT2D eigenvalue weighted by atomic mass is 16.5. The summed E-state index contributed by atoms with van der Waals surface area (Å²) in [7, 11) is 1.56. The van der Waals surface area contributed by atoms with Gasteiger partial charge in [-0.1, -0.05) is 0 Å². The summed E-state index contributed by atoms with van der Waals surface area (Å²) in [6, 6.07) is -0.205. The number of nitrogens with one attached hydrogen (secondary N) is 1. The summed E-state index contributed by atoms with van der Waals surface area (Å²) in [4.78, 5) is 7.87. The quantitative estimate of drug-likeness (QED) is 0.589. The monoisotopic (exact) mass is 198 g/mol. The summed E-state index contributed by atoms with van der Waals surface area (Å²) in [5.41, 5.74) is 5.92. The normalized spacial score (nSPS) is 12.4. The Bertz CT molecular complexity index is 265.